The molecule has 0 amide bonds. The summed E-state index contributed by atoms with van der Waals surface area (Å²) in [6.45, 7) is 0.203. The smallest absolute Gasteiger partial charge is 0.241 e. The van der Waals surface area contributed by atoms with Gasteiger partial charge >= 0.3 is 0 Å². The first-order valence-electron chi connectivity index (χ1n) is 5.53. The van der Waals surface area contributed by atoms with Gasteiger partial charge in [-0.1, -0.05) is 24.3 Å². The van der Waals surface area contributed by atoms with Crippen molar-refractivity contribution in [3.05, 3.63) is 35.4 Å². The molecular formula is C12H12Br4F2O2. The van der Waals surface area contributed by atoms with E-state index in [9.17, 15) is 8.78 Å². The molecule has 0 fully saturated rings. The molecule has 0 saturated heterocycles. The van der Waals surface area contributed by atoms with Crippen molar-refractivity contribution >= 4 is 63.7 Å². The molecule has 0 atom stereocenters. The minimum absolute atomic E-state index is 0.140. The lowest BCUT2D eigenvalue weighted by Crippen LogP contribution is -2.14. The third kappa shape index (κ3) is 9.04. The van der Waals surface area contributed by atoms with E-state index in [-0.39, 0.29) is 26.4 Å². The average Bonchev–Trinajstić information content (AvgIpc) is 2.28. The number of halogens is 6. The van der Waals surface area contributed by atoms with Gasteiger partial charge in [-0.05, 0) is 74.8 Å². The molecule has 0 aliphatic rings. The quantitative estimate of drug-likeness (QED) is 0.399. The minimum Gasteiger partial charge on any atom is -0.372 e. The summed E-state index contributed by atoms with van der Waals surface area (Å²) < 4.78 is 33.4. The first-order valence-corrected chi connectivity index (χ1v) is 8.70. The molecular weight excluding hydrogens is 534 g/mol. The van der Waals surface area contributed by atoms with Gasteiger partial charge in [0.2, 0.25) is 6.97 Å². The third-order valence-electron chi connectivity index (χ3n) is 2.16. The molecule has 1 aromatic carbocycles. The zero-order chi connectivity index (χ0) is 15.2. The van der Waals surface area contributed by atoms with E-state index < -0.39 is 6.97 Å². The zero-order valence-corrected chi connectivity index (χ0v) is 16.6. The van der Waals surface area contributed by atoms with Crippen molar-refractivity contribution in [3.63, 3.8) is 0 Å². The maximum absolute atomic E-state index is 13.2. The maximum Gasteiger partial charge on any atom is 0.241 e. The molecule has 2 nitrogen and oxygen atoms in total. The first-order chi connectivity index (χ1) is 9.17. The fraction of sp³-hybridized carbons (Fsp3) is 0.500. The molecule has 0 N–H and O–H groups in total. The average molecular weight is 546 g/mol. The second-order valence-corrected chi connectivity index (χ2v) is 11.1. The summed E-state index contributed by atoms with van der Waals surface area (Å²) in [6.07, 6.45) is 0. The Kier molecular flexibility index (Phi) is 8.09. The van der Waals surface area contributed by atoms with Gasteiger partial charge < -0.3 is 9.47 Å². The summed E-state index contributed by atoms with van der Waals surface area (Å²) in [7, 11) is 0. The predicted octanol–water partition coefficient (Wildman–Crippen LogP) is 5.55. The van der Waals surface area contributed by atoms with E-state index in [1.165, 1.54) is 0 Å². The van der Waals surface area contributed by atoms with Gasteiger partial charge in [-0.3, -0.25) is 0 Å². The zero-order valence-electron chi connectivity index (χ0n) is 10.2. The van der Waals surface area contributed by atoms with Crippen LogP contribution in [0.4, 0.5) is 8.78 Å². The Balaban J connectivity index is 2.51. The highest BCUT2D eigenvalue weighted by molar-refractivity contribution is 9.25. The normalized spacial score (nSPS) is 12.7. The summed E-state index contributed by atoms with van der Waals surface area (Å²) in [6, 6.07) is 7.40. The highest BCUT2D eigenvalue weighted by Gasteiger charge is 2.22. The number of benzene rings is 1. The standard InChI is InChI=1S/C12H12Br4F2O2/c13-11(14,17)7-19-5-9-3-1-2-4-10(9)6-20-8-12(15,16)18/h1-4H,5-8H2. The van der Waals surface area contributed by atoms with Gasteiger partial charge in [-0.2, -0.15) is 0 Å². The molecule has 0 radical (unpaired) electrons. The fourth-order valence-electron chi connectivity index (χ4n) is 1.39. The lowest BCUT2D eigenvalue weighted by Gasteiger charge is -2.15. The molecule has 0 saturated carbocycles. The number of ether oxygens (including phenoxy) is 2. The van der Waals surface area contributed by atoms with Crippen LogP contribution in [0.5, 0.6) is 0 Å². The summed E-state index contributed by atoms with van der Waals surface area (Å²) in [5.41, 5.74) is 1.73. The van der Waals surface area contributed by atoms with Crippen LogP contribution < -0.4 is 0 Å². The van der Waals surface area contributed by atoms with Crippen molar-refractivity contribution in [2.24, 2.45) is 0 Å². The van der Waals surface area contributed by atoms with Crippen LogP contribution in [0.15, 0.2) is 24.3 Å². The van der Waals surface area contributed by atoms with Gasteiger partial charge in [-0.25, -0.2) is 8.78 Å². The minimum atomic E-state index is -1.73. The van der Waals surface area contributed by atoms with E-state index in [0.717, 1.165) is 11.1 Å². The molecule has 114 valence electrons. The van der Waals surface area contributed by atoms with Crippen LogP contribution in [0, 0.1) is 0 Å². The van der Waals surface area contributed by atoms with Gasteiger partial charge in [0.1, 0.15) is 13.2 Å². The molecule has 0 aliphatic carbocycles. The molecule has 0 spiro atoms. The predicted molar refractivity (Wildman–Crippen MR) is 89.1 cm³/mol. The molecule has 20 heavy (non-hydrogen) atoms. The van der Waals surface area contributed by atoms with Crippen LogP contribution in [0.2, 0.25) is 0 Å². The summed E-state index contributed by atoms with van der Waals surface area (Å²) in [5, 5.41) is 0. The molecule has 8 heteroatoms. The Morgan fingerprint density at radius 1 is 0.800 bits per heavy atom. The molecule has 0 bridgehead atoms. The van der Waals surface area contributed by atoms with E-state index in [2.05, 4.69) is 63.7 Å². The maximum atomic E-state index is 13.2. The van der Waals surface area contributed by atoms with Crippen LogP contribution in [-0.2, 0) is 22.7 Å². The van der Waals surface area contributed by atoms with Crippen LogP contribution in [-0.4, -0.2) is 20.2 Å². The largest absolute Gasteiger partial charge is 0.372 e. The molecule has 0 aromatic heterocycles. The molecule has 0 aliphatic heterocycles. The third-order valence-corrected chi connectivity index (χ3v) is 3.08. The van der Waals surface area contributed by atoms with Crippen LogP contribution in [0.3, 0.4) is 0 Å². The number of hydrogen-bond acceptors (Lipinski definition) is 2. The van der Waals surface area contributed by atoms with E-state index in [0.29, 0.717) is 0 Å². The lowest BCUT2D eigenvalue weighted by molar-refractivity contribution is 0.0798. The Labute approximate surface area is 150 Å². The van der Waals surface area contributed by atoms with Gasteiger partial charge in [0.25, 0.3) is 0 Å². The van der Waals surface area contributed by atoms with Crippen LogP contribution >= 0.6 is 63.7 Å². The molecule has 0 heterocycles. The second kappa shape index (κ2) is 8.53. The van der Waals surface area contributed by atoms with E-state index in [1.807, 2.05) is 24.3 Å². The van der Waals surface area contributed by atoms with E-state index in [4.69, 9.17) is 9.47 Å². The van der Waals surface area contributed by atoms with Crippen molar-refractivity contribution in [2.75, 3.05) is 13.2 Å². The summed E-state index contributed by atoms with van der Waals surface area (Å²) in [4.78, 5) is 0. The molecule has 1 rings (SSSR count). The Bertz CT molecular complexity index is 380. The molecule has 1 aromatic rings. The van der Waals surface area contributed by atoms with Crippen molar-refractivity contribution in [3.8, 4) is 0 Å². The van der Waals surface area contributed by atoms with Crippen molar-refractivity contribution in [2.45, 2.75) is 20.2 Å². The summed E-state index contributed by atoms with van der Waals surface area (Å²) in [5.74, 6) is 0. The van der Waals surface area contributed by atoms with Crippen LogP contribution in [0.25, 0.3) is 0 Å². The highest BCUT2D eigenvalue weighted by atomic mass is 79.9. The van der Waals surface area contributed by atoms with Gasteiger partial charge in [0.15, 0.2) is 0 Å². The fourth-order valence-corrected chi connectivity index (χ4v) is 2.04. The monoisotopic (exact) mass is 542 g/mol. The van der Waals surface area contributed by atoms with Gasteiger partial charge in [0.05, 0.1) is 13.2 Å². The first kappa shape index (κ1) is 19.0. The van der Waals surface area contributed by atoms with Crippen LogP contribution in [0.1, 0.15) is 11.1 Å². The topological polar surface area (TPSA) is 18.5 Å². The van der Waals surface area contributed by atoms with E-state index >= 15 is 0 Å². The Morgan fingerprint density at radius 2 is 1.15 bits per heavy atom. The summed E-state index contributed by atoms with van der Waals surface area (Å²) >= 11 is 11.1. The number of alkyl halides is 6. The lowest BCUT2D eigenvalue weighted by atomic mass is 10.1. The Morgan fingerprint density at radius 3 is 1.45 bits per heavy atom. The van der Waals surface area contributed by atoms with Crippen molar-refractivity contribution < 1.29 is 18.3 Å². The van der Waals surface area contributed by atoms with Crippen molar-refractivity contribution in [1.29, 1.82) is 0 Å². The second-order valence-electron chi connectivity index (χ2n) is 3.98. The number of hydrogen-bond donors (Lipinski definition) is 0. The van der Waals surface area contributed by atoms with E-state index in [1.54, 1.807) is 0 Å². The Hall–Kier alpha value is 0.920. The van der Waals surface area contributed by atoms with Crippen molar-refractivity contribution in [1.82, 2.24) is 0 Å². The molecule has 0 unspecified atom stereocenters. The SMILES string of the molecule is FC(Br)(Br)COCc1ccccc1COCC(F)(Br)Br. The number of rotatable bonds is 8. The van der Waals surface area contributed by atoms with Gasteiger partial charge in [0, 0.05) is 0 Å². The van der Waals surface area contributed by atoms with Gasteiger partial charge in [-0.15, -0.1) is 0 Å². The highest BCUT2D eigenvalue weighted by Crippen LogP contribution is 2.29.